The first-order chi connectivity index (χ1) is 55.0. The van der Waals surface area contributed by atoms with E-state index in [0.717, 1.165) is 61.2 Å². The van der Waals surface area contributed by atoms with Crippen LogP contribution in [0.25, 0.3) is 0 Å². The summed E-state index contributed by atoms with van der Waals surface area (Å²) in [5.41, 5.74) is 10.00. The first-order valence-electron chi connectivity index (χ1n) is 38.4. The molecule has 16 heteroatoms. The van der Waals surface area contributed by atoms with Crippen LogP contribution in [0.4, 0.5) is 0 Å². The molecule has 111 heavy (non-hydrogen) atoms. The first-order valence-corrected chi connectivity index (χ1v) is 38.4. The number of hydrogen-bond donors (Lipinski definition) is 1. The van der Waals surface area contributed by atoms with Gasteiger partial charge in [-0.25, -0.2) is 0 Å². The van der Waals surface area contributed by atoms with E-state index in [-0.39, 0.29) is 85.9 Å². The average Bonchev–Trinajstić information content (AvgIpc) is 0.750. The lowest BCUT2D eigenvalue weighted by atomic mass is 9.83. The van der Waals surface area contributed by atoms with Crippen LogP contribution in [0.3, 0.4) is 0 Å². The minimum absolute atomic E-state index is 0.0269. The van der Waals surface area contributed by atoms with Gasteiger partial charge in [-0.15, -0.1) is 0 Å². The predicted molar refractivity (Wildman–Crippen MR) is 420 cm³/mol. The number of aliphatic hydroxyl groups is 1. The Balaban J connectivity index is 0.913. The van der Waals surface area contributed by atoms with Crippen molar-refractivity contribution in [2.45, 2.75) is 171 Å². The fourth-order valence-corrected chi connectivity index (χ4v) is 14.3. The Hall–Kier alpha value is -9.22. The Bertz CT molecular complexity index is 4090. The highest BCUT2D eigenvalue weighted by Crippen LogP contribution is 2.41. The minimum atomic E-state index is -1.67. The van der Waals surface area contributed by atoms with Crippen LogP contribution in [-0.2, 0) is 144 Å². The molecule has 16 nitrogen and oxygen atoms in total. The monoisotopic (exact) mass is 1490 g/mol. The zero-order valence-electron chi connectivity index (χ0n) is 62.3. The van der Waals surface area contributed by atoms with E-state index < -0.39 is 98.0 Å². The lowest BCUT2D eigenvalue weighted by Crippen LogP contribution is -2.70. The lowest BCUT2D eigenvalue weighted by molar-refractivity contribution is -0.381. The van der Waals surface area contributed by atoms with Gasteiger partial charge in [-0.05, 0) is 61.2 Å². The summed E-state index contributed by atoms with van der Waals surface area (Å²) in [7, 11) is 0. The largest absolute Gasteiger partial charge is 0.387 e. The summed E-state index contributed by atoms with van der Waals surface area (Å²) in [5.74, 6) is 0. The van der Waals surface area contributed by atoms with E-state index in [1.807, 2.05) is 334 Å². The van der Waals surface area contributed by atoms with Crippen LogP contribution in [0.5, 0.6) is 0 Å². The summed E-state index contributed by atoms with van der Waals surface area (Å²) < 4.78 is 110. The average molecular weight is 1500 g/mol. The maximum Gasteiger partial charge on any atom is 0.187 e. The van der Waals surface area contributed by atoms with Gasteiger partial charge in [0.25, 0.3) is 0 Å². The maximum atomic E-state index is 14.5. The van der Waals surface area contributed by atoms with Crippen molar-refractivity contribution in [2.24, 2.45) is 0 Å². The molecule has 3 aliphatic rings. The smallest absolute Gasteiger partial charge is 0.187 e. The molecule has 574 valence electrons. The molecule has 7 unspecified atom stereocenters. The second-order valence-electron chi connectivity index (χ2n) is 28.1. The Morgan fingerprint density at radius 3 is 0.559 bits per heavy atom. The summed E-state index contributed by atoms with van der Waals surface area (Å²) in [6, 6.07) is 110. The number of rotatable bonds is 39. The second-order valence-corrected chi connectivity index (χ2v) is 28.1. The maximum absolute atomic E-state index is 14.5. The molecule has 0 radical (unpaired) electrons. The zero-order valence-corrected chi connectivity index (χ0v) is 62.3. The van der Waals surface area contributed by atoms with Crippen LogP contribution in [-0.4, -0.2) is 116 Å². The van der Waals surface area contributed by atoms with Crippen molar-refractivity contribution in [2.75, 3.05) is 13.2 Å². The molecule has 16 atom stereocenters. The van der Waals surface area contributed by atoms with E-state index in [4.69, 9.17) is 71.1 Å². The molecule has 2 aliphatic heterocycles. The molecule has 0 amide bonds. The number of benzene rings is 11. The number of aliphatic hydroxyl groups excluding tert-OH is 1. The van der Waals surface area contributed by atoms with Crippen LogP contribution in [0.2, 0.25) is 0 Å². The molecule has 1 saturated carbocycles. The topological polar surface area (TPSA) is 159 Å². The summed E-state index contributed by atoms with van der Waals surface area (Å²) in [6.45, 7) is 1.71. The number of hydrogen-bond acceptors (Lipinski definition) is 16. The molecular formula is C95H98O16. The fourth-order valence-electron chi connectivity index (χ4n) is 14.3. The van der Waals surface area contributed by atoms with Crippen molar-refractivity contribution in [3.63, 3.8) is 0 Å². The van der Waals surface area contributed by atoms with Gasteiger partial charge >= 0.3 is 0 Å². The molecule has 3 fully saturated rings. The molecule has 2 saturated heterocycles. The van der Waals surface area contributed by atoms with Crippen molar-refractivity contribution in [1.29, 1.82) is 0 Å². The summed E-state index contributed by atoms with van der Waals surface area (Å²) in [5, 5.41) is 14.5. The normalized spacial score (nSPS) is 24.6. The summed E-state index contributed by atoms with van der Waals surface area (Å²) in [4.78, 5) is 0. The van der Waals surface area contributed by atoms with E-state index in [9.17, 15) is 5.11 Å². The number of ether oxygens (including phenoxy) is 15. The van der Waals surface area contributed by atoms with Gasteiger partial charge in [-0.3, -0.25) is 0 Å². The van der Waals surface area contributed by atoms with Crippen molar-refractivity contribution >= 4 is 0 Å². The molecule has 11 aromatic carbocycles. The third kappa shape index (κ3) is 22.8. The van der Waals surface area contributed by atoms with Crippen LogP contribution in [0, 0.1) is 0 Å². The fraction of sp³-hybridized carbons (Fsp3) is 0.305. The highest BCUT2D eigenvalue weighted by molar-refractivity contribution is 5.23. The third-order valence-electron chi connectivity index (χ3n) is 20.1. The van der Waals surface area contributed by atoms with E-state index in [1.54, 1.807) is 0 Å². The molecular weight excluding hydrogens is 1400 g/mol. The Kier molecular flexibility index (Phi) is 29.6. The Morgan fingerprint density at radius 1 is 0.189 bits per heavy atom. The molecule has 1 aliphatic carbocycles. The lowest BCUT2D eigenvalue weighted by Gasteiger charge is -2.53. The summed E-state index contributed by atoms with van der Waals surface area (Å²) in [6.07, 6.45) is -18.1. The van der Waals surface area contributed by atoms with Gasteiger partial charge < -0.3 is 76.2 Å². The molecule has 11 aromatic rings. The van der Waals surface area contributed by atoms with Gasteiger partial charge in [0, 0.05) is 0 Å². The third-order valence-corrected chi connectivity index (χ3v) is 20.1. The molecule has 0 spiro atoms. The van der Waals surface area contributed by atoms with Crippen LogP contribution in [0.15, 0.2) is 334 Å². The van der Waals surface area contributed by atoms with Crippen LogP contribution < -0.4 is 0 Å². The quantitative estimate of drug-likeness (QED) is 0.0387. The predicted octanol–water partition coefficient (Wildman–Crippen LogP) is 16.3. The molecule has 0 aromatic heterocycles. The van der Waals surface area contributed by atoms with E-state index in [2.05, 4.69) is 0 Å². The second kappa shape index (κ2) is 41.9. The van der Waals surface area contributed by atoms with Crippen molar-refractivity contribution in [3.8, 4) is 0 Å². The van der Waals surface area contributed by atoms with E-state index in [1.165, 1.54) is 0 Å². The van der Waals surface area contributed by atoms with Gasteiger partial charge in [0.1, 0.15) is 85.5 Å². The highest BCUT2D eigenvalue weighted by atomic mass is 16.8. The first kappa shape index (κ1) is 78.5. The molecule has 2 heterocycles. The van der Waals surface area contributed by atoms with Gasteiger partial charge in [-0.1, -0.05) is 334 Å². The SMILES string of the molecule is O[C@@H]1C(O[C@H]2OC(COCc3ccccc3)[C@H](OCc3ccccc3)[C@@H](OCc3ccccc3)C2OCc2ccccc2)C(OCc2ccccc2)[C@H](OCc2ccccc2)[C@@H](OCc2ccccc2)C1O[C@H]1OC(COCc2ccccc2)[C@@H](OCc2ccccc2)C(OCc2ccccc2)[C@H]1OCc1ccccc1. The zero-order chi connectivity index (χ0) is 75.3. The molecule has 1 N–H and O–H groups in total. The van der Waals surface area contributed by atoms with Gasteiger partial charge in [0.05, 0.1) is 85.9 Å². The Labute approximate surface area is 651 Å². The van der Waals surface area contributed by atoms with Crippen molar-refractivity contribution < 1.29 is 76.2 Å². The van der Waals surface area contributed by atoms with Crippen LogP contribution >= 0.6 is 0 Å². The summed E-state index contributed by atoms with van der Waals surface area (Å²) >= 11 is 0. The van der Waals surface area contributed by atoms with Gasteiger partial charge in [-0.2, -0.15) is 0 Å². The molecule has 14 rings (SSSR count). The highest BCUT2D eigenvalue weighted by Gasteiger charge is 2.60. The minimum Gasteiger partial charge on any atom is -0.387 e. The van der Waals surface area contributed by atoms with Crippen molar-refractivity contribution in [3.05, 3.63) is 395 Å². The standard InChI is InChI=1S/C95H98O16/c96-82-85(110-94-92(106-65-78-52-30-10-31-53-78)87(101-60-73-42-20-5-21-43-73)83(99-58-71-38-16-3-17-39-71)80(108-94)67-97-56-69-34-12-1-13-35-69)89(103-62-75-46-24-7-25-47-75)91(105-64-77-50-28-9-29-51-77)90(104-63-76-48-26-8-27-49-76)86(82)111-95-93(107-66-79-54-32-11-33-55-79)88(102-61-74-44-22-6-23-45-74)84(100-59-72-40-18-4-19-41-72)81(109-95)68-98-57-70-36-14-2-15-37-70/h1-55,80-96H,56-68H2/t80?,81?,82-,83+,84-,85?,86?,87-,88?,89?,90+,91+,92?,93-,94-,95-/m1/s1. The van der Waals surface area contributed by atoms with Gasteiger partial charge in [0.15, 0.2) is 12.6 Å². The van der Waals surface area contributed by atoms with Gasteiger partial charge in [0.2, 0.25) is 0 Å². The van der Waals surface area contributed by atoms with Crippen LogP contribution in [0.1, 0.15) is 61.2 Å². The van der Waals surface area contributed by atoms with E-state index in [0.29, 0.717) is 0 Å². The molecule has 0 bridgehead atoms. The Morgan fingerprint density at radius 2 is 0.351 bits per heavy atom. The van der Waals surface area contributed by atoms with Crippen molar-refractivity contribution in [1.82, 2.24) is 0 Å². The van der Waals surface area contributed by atoms with E-state index >= 15 is 0 Å².